The summed E-state index contributed by atoms with van der Waals surface area (Å²) in [5.74, 6) is 0.139. The summed E-state index contributed by atoms with van der Waals surface area (Å²) in [6.07, 6.45) is 23.3. The fourth-order valence-electron chi connectivity index (χ4n) is 4.42. The monoisotopic (exact) mass is 447 g/mol. The lowest BCUT2D eigenvalue weighted by Gasteiger charge is -2.24. The number of hydrogen-bond acceptors (Lipinski definition) is 4. The van der Waals surface area contributed by atoms with Crippen molar-refractivity contribution in [1.82, 2.24) is 4.57 Å². The molecule has 5 nitrogen and oxygen atoms in total. The number of aromatic nitrogens is 1. The predicted octanol–water partition coefficient (Wildman–Crippen LogP) is 7.05. The molecule has 1 aliphatic rings. The average Bonchev–Trinajstić information content (AvgIpc) is 2.82. The smallest absolute Gasteiger partial charge is 0.224 e. The van der Waals surface area contributed by atoms with Crippen LogP contribution in [0.25, 0.3) is 0 Å². The molecule has 0 aromatic carbocycles. The second-order valence-corrected chi connectivity index (χ2v) is 9.22. The van der Waals surface area contributed by atoms with E-state index >= 15 is 0 Å². The fourth-order valence-corrected chi connectivity index (χ4v) is 4.42. The van der Waals surface area contributed by atoms with Crippen LogP contribution in [0.4, 0.5) is 0 Å². The van der Waals surface area contributed by atoms with Crippen molar-refractivity contribution in [3.8, 4) is 5.75 Å². The molecule has 1 saturated heterocycles. The van der Waals surface area contributed by atoms with Crippen LogP contribution in [-0.2, 0) is 11.3 Å². The first-order valence-corrected chi connectivity index (χ1v) is 13.2. The quantitative estimate of drug-likeness (QED) is 0.179. The van der Waals surface area contributed by atoms with Crippen molar-refractivity contribution < 1.29 is 14.3 Å². The first-order valence-electron chi connectivity index (χ1n) is 13.2. The van der Waals surface area contributed by atoms with Crippen LogP contribution in [-0.4, -0.2) is 23.8 Å². The van der Waals surface area contributed by atoms with E-state index in [0.29, 0.717) is 12.3 Å². The second kappa shape index (κ2) is 16.9. The summed E-state index contributed by atoms with van der Waals surface area (Å²) in [5.41, 5.74) is 0.0832. The summed E-state index contributed by atoms with van der Waals surface area (Å²) in [5, 5.41) is 0. The van der Waals surface area contributed by atoms with Crippen LogP contribution in [0.15, 0.2) is 17.1 Å². The van der Waals surface area contributed by atoms with Crippen LogP contribution in [0.1, 0.15) is 127 Å². The Hall–Kier alpha value is -1.62. The van der Waals surface area contributed by atoms with Crippen LogP contribution in [0, 0.1) is 0 Å². The Labute approximate surface area is 194 Å². The number of nitrogens with zero attached hydrogens (tertiary/aromatic N) is 1. The van der Waals surface area contributed by atoms with Gasteiger partial charge in [0.15, 0.2) is 18.3 Å². The highest BCUT2D eigenvalue weighted by molar-refractivity contribution is 5.76. The van der Waals surface area contributed by atoms with E-state index in [-0.39, 0.29) is 11.2 Å². The third-order valence-corrected chi connectivity index (χ3v) is 6.42. The molecule has 0 N–H and O–H groups in total. The zero-order chi connectivity index (χ0) is 22.9. The summed E-state index contributed by atoms with van der Waals surface area (Å²) in [6, 6.07) is 1.50. The molecule has 1 unspecified atom stereocenters. The van der Waals surface area contributed by atoms with Gasteiger partial charge in [0.1, 0.15) is 5.69 Å². The van der Waals surface area contributed by atoms with Crippen LogP contribution in [0.3, 0.4) is 0 Å². The van der Waals surface area contributed by atoms with Crippen molar-refractivity contribution in [3.63, 3.8) is 0 Å². The van der Waals surface area contributed by atoms with Crippen LogP contribution >= 0.6 is 0 Å². The van der Waals surface area contributed by atoms with E-state index < -0.39 is 6.29 Å². The summed E-state index contributed by atoms with van der Waals surface area (Å²) in [6.45, 7) is 3.64. The highest BCUT2D eigenvalue weighted by Gasteiger charge is 2.20. The molecule has 0 spiro atoms. The van der Waals surface area contributed by atoms with Gasteiger partial charge in [-0.1, -0.05) is 90.4 Å². The van der Waals surface area contributed by atoms with Gasteiger partial charge in [0, 0.05) is 25.2 Å². The van der Waals surface area contributed by atoms with E-state index in [4.69, 9.17) is 9.47 Å². The molecule has 0 bridgehead atoms. The Morgan fingerprint density at radius 2 is 1.53 bits per heavy atom. The number of ether oxygens (including phenoxy) is 2. The van der Waals surface area contributed by atoms with E-state index in [1.54, 1.807) is 6.20 Å². The zero-order valence-electron chi connectivity index (χ0n) is 20.3. The fraction of sp³-hybridized carbons (Fsp3) is 0.778. The highest BCUT2D eigenvalue weighted by atomic mass is 16.7. The molecule has 0 aliphatic carbocycles. The Bertz CT molecular complexity index is 679. The predicted molar refractivity (Wildman–Crippen MR) is 131 cm³/mol. The lowest BCUT2D eigenvalue weighted by Crippen LogP contribution is -2.28. The summed E-state index contributed by atoms with van der Waals surface area (Å²) >= 11 is 0. The minimum absolute atomic E-state index is 0.139. The number of rotatable bonds is 18. The van der Waals surface area contributed by atoms with Gasteiger partial charge in [0.05, 0.1) is 6.61 Å². The highest BCUT2D eigenvalue weighted by Crippen LogP contribution is 2.20. The maximum atomic E-state index is 12.3. The Kier molecular flexibility index (Phi) is 14.1. The lowest BCUT2D eigenvalue weighted by atomic mass is 10.0. The molecule has 0 radical (unpaired) electrons. The van der Waals surface area contributed by atoms with Crippen molar-refractivity contribution in [2.24, 2.45) is 0 Å². The summed E-state index contributed by atoms with van der Waals surface area (Å²) in [4.78, 5) is 24.0. The minimum atomic E-state index is -0.424. The maximum Gasteiger partial charge on any atom is 0.224 e. The van der Waals surface area contributed by atoms with Crippen molar-refractivity contribution >= 4 is 6.29 Å². The molecule has 2 rings (SSSR count). The van der Waals surface area contributed by atoms with Crippen molar-refractivity contribution in [3.05, 3.63) is 28.2 Å². The van der Waals surface area contributed by atoms with Crippen LogP contribution in [0.2, 0.25) is 0 Å². The largest absolute Gasteiger partial charge is 0.459 e. The topological polar surface area (TPSA) is 57.5 Å². The standard InChI is InChI=1S/C27H45NO4/c1-2-3-4-5-6-7-8-9-10-11-12-13-14-16-20-28-21-19-25(30)27(24(28)23-29)32-26-18-15-17-22-31-26/h19,21,23,26H,2-18,20,22H2,1H3. The lowest BCUT2D eigenvalue weighted by molar-refractivity contribution is -0.106. The molecule has 0 amide bonds. The number of carbonyl (C=O) groups excluding carboxylic acids is 1. The number of aryl methyl sites for hydroxylation is 1. The van der Waals surface area contributed by atoms with Gasteiger partial charge in [0.25, 0.3) is 0 Å². The SMILES string of the molecule is CCCCCCCCCCCCCCCCn1ccc(=O)c(OC2CCCCO2)c1C=O. The summed E-state index contributed by atoms with van der Waals surface area (Å²) < 4.78 is 13.2. The number of carbonyl (C=O) groups is 1. The maximum absolute atomic E-state index is 12.3. The first-order chi connectivity index (χ1) is 15.8. The molecule has 182 valence electrons. The van der Waals surface area contributed by atoms with Crippen molar-refractivity contribution in [1.29, 1.82) is 0 Å². The molecule has 1 atom stereocenters. The zero-order valence-corrected chi connectivity index (χ0v) is 20.3. The van der Waals surface area contributed by atoms with Gasteiger partial charge in [-0.3, -0.25) is 9.59 Å². The molecule has 2 heterocycles. The van der Waals surface area contributed by atoms with Gasteiger partial charge in [0.2, 0.25) is 5.43 Å². The molecule has 1 aromatic heterocycles. The molecule has 1 aliphatic heterocycles. The third kappa shape index (κ3) is 10.3. The molecule has 1 fully saturated rings. The van der Waals surface area contributed by atoms with E-state index in [0.717, 1.165) is 44.9 Å². The Morgan fingerprint density at radius 3 is 2.06 bits per heavy atom. The second-order valence-electron chi connectivity index (χ2n) is 9.22. The van der Waals surface area contributed by atoms with Gasteiger partial charge >= 0.3 is 0 Å². The average molecular weight is 448 g/mol. The molecule has 0 saturated carbocycles. The van der Waals surface area contributed by atoms with Gasteiger partial charge < -0.3 is 14.0 Å². The number of pyridine rings is 1. The van der Waals surface area contributed by atoms with Crippen molar-refractivity contribution in [2.45, 2.75) is 129 Å². The number of unbranched alkanes of at least 4 members (excludes halogenated alkanes) is 13. The normalized spacial score (nSPS) is 16.2. The van der Waals surface area contributed by atoms with Gasteiger partial charge in [-0.05, 0) is 19.3 Å². The van der Waals surface area contributed by atoms with Crippen molar-refractivity contribution in [2.75, 3.05) is 6.61 Å². The molecule has 1 aromatic rings. The first kappa shape index (κ1) is 26.6. The van der Waals surface area contributed by atoms with Crippen LogP contribution < -0.4 is 10.2 Å². The van der Waals surface area contributed by atoms with E-state index in [2.05, 4.69) is 6.92 Å². The Morgan fingerprint density at radius 1 is 0.938 bits per heavy atom. The minimum Gasteiger partial charge on any atom is -0.459 e. The molecular formula is C27H45NO4. The number of aldehydes is 1. The van der Waals surface area contributed by atoms with E-state index in [1.165, 1.54) is 83.1 Å². The third-order valence-electron chi connectivity index (χ3n) is 6.42. The summed E-state index contributed by atoms with van der Waals surface area (Å²) in [7, 11) is 0. The van der Waals surface area contributed by atoms with Gasteiger partial charge in [-0.15, -0.1) is 0 Å². The van der Waals surface area contributed by atoms with Crippen LogP contribution in [0.5, 0.6) is 5.75 Å². The molecule has 32 heavy (non-hydrogen) atoms. The Balaban J connectivity index is 1.59. The van der Waals surface area contributed by atoms with E-state index in [1.807, 2.05) is 4.57 Å². The van der Waals surface area contributed by atoms with Gasteiger partial charge in [-0.2, -0.15) is 0 Å². The molecule has 5 heteroatoms. The number of hydrogen-bond donors (Lipinski definition) is 0. The molecular weight excluding hydrogens is 402 g/mol. The van der Waals surface area contributed by atoms with E-state index in [9.17, 15) is 9.59 Å². The van der Waals surface area contributed by atoms with Gasteiger partial charge in [-0.25, -0.2) is 0 Å².